The number of benzene rings is 3. The van der Waals surface area contributed by atoms with Crippen LogP contribution >= 0.6 is 18.7 Å². The maximum atomic E-state index is 14.8. The molecule has 3 aromatic rings. The van der Waals surface area contributed by atoms with Crippen LogP contribution in [0.5, 0.6) is 23.0 Å². The van der Waals surface area contributed by atoms with Gasteiger partial charge >= 0.3 is 0 Å². The fourth-order valence-corrected chi connectivity index (χ4v) is 6.38. The average Bonchev–Trinajstić information content (AvgIpc) is 2.86. The SMILES string of the molecule is COc1cccc(OC)c1C(=O)P(=O)(C(=O)c1ccccc1)c1c(OC)ccc(Cl)c1OC. The molecule has 0 aliphatic carbocycles. The van der Waals surface area contributed by atoms with Gasteiger partial charge in [-0.1, -0.05) is 48.0 Å². The molecule has 7 nitrogen and oxygen atoms in total. The highest BCUT2D eigenvalue weighted by Crippen LogP contribution is 2.57. The standard InChI is InChI=1S/C24H22ClO7P/c1-29-17-11-8-12-18(30-2)20(17)24(27)33(28,23(26)15-9-6-5-7-10-15)22-19(31-3)14-13-16(25)21(22)32-4/h5-14H,1-4H3. The van der Waals surface area contributed by atoms with Gasteiger partial charge in [-0.25, -0.2) is 0 Å². The second-order valence-corrected chi connectivity index (χ2v) is 9.64. The van der Waals surface area contributed by atoms with Crippen molar-refractivity contribution >= 4 is 35.1 Å². The Morgan fingerprint density at radius 1 is 0.697 bits per heavy atom. The lowest BCUT2D eigenvalue weighted by Crippen LogP contribution is -2.24. The third kappa shape index (κ3) is 4.22. The summed E-state index contributed by atoms with van der Waals surface area (Å²) in [6.45, 7) is 0. The summed E-state index contributed by atoms with van der Waals surface area (Å²) >= 11 is 6.31. The first-order valence-corrected chi connectivity index (χ1v) is 11.8. The van der Waals surface area contributed by atoms with Crippen molar-refractivity contribution in [3.05, 3.63) is 76.8 Å². The van der Waals surface area contributed by atoms with Gasteiger partial charge in [0.1, 0.15) is 28.1 Å². The maximum Gasteiger partial charge on any atom is 0.256 e. The van der Waals surface area contributed by atoms with Crippen LogP contribution in [0.1, 0.15) is 20.7 Å². The van der Waals surface area contributed by atoms with Crippen LogP contribution in [0.4, 0.5) is 0 Å². The highest BCUT2D eigenvalue weighted by Gasteiger charge is 2.49. The minimum absolute atomic E-state index is 0.0195. The van der Waals surface area contributed by atoms with Crippen molar-refractivity contribution in [1.29, 1.82) is 0 Å². The molecule has 0 heterocycles. The molecule has 0 bridgehead atoms. The number of carbonyl (C=O) groups excluding carboxylic acids is 2. The molecule has 0 aliphatic heterocycles. The number of ether oxygens (including phenoxy) is 4. The van der Waals surface area contributed by atoms with Crippen LogP contribution in [-0.4, -0.2) is 39.5 Å². The van der Waals surface area contributed by atoms with Crippen molar-refractivity contribution in [2.45, 2.75) is 0 Å². The lowest BCUT2D eigenvalue weighted by molar-refractivity contribution is 0.103. The van der Waals surface area contributed by atoms with Crippen LogP contribution in [0, 0.1) is 0 Å². The zero-order valence-electron chi connectivity index (χ0n) is 18.5. The average molecular weight is 489 g/mol. The molecule has 3 rings (SSSR count). The van der Waals surface area contributed by atoms with E-state index in [-0.39, 0.29) is 44.5 Å². The lowest BCUT2D eigenvalue weighted by atomic mass is 10.2. The maximum absolute atomic E-state index is 14.8. The van der Waals surface area contributed by atoms with Crippen molar-refractivity contribution in [3.8, 4) is 23.0 Å². The monoisotopic (exact) mass is 488 g/mol. The summed E-state index contributed by atoms with van der Waals surface area (Å²) in [5.41, 5.74) is -1.96. The van der Waals surface area contributed by atoms with Crippen LogP contribution in [0.2, 0.25) is 5.02 Å². The van der Waals surface area contributed by atoms with Gasteiger partial charge in [0.15, 0.2) is 5.75 Å². The first-order valence-electron chi connectivity index (χ1n) is 9.72. The zero-order chi connectivity index (χ0) is 24.2. The van der Waals surface area contributed by atoms with E-state index in [4.69, 9.17) is 30.5 Å². The van der Waals surface area contributed by atoms with Gasteiger partial charge in [0.25, 0.3) is 7.14 Å². The number of hydrogen-bond acceptors (Lipinski definition) is 7. The predicted molar refractivity (Wildman–Crippen MR) is 126 cm³/mol. The molecule has 0 N–H and O–H groups in total. The molecule has 0 saturated carbocycles. The molecule has 3 aromatic carbocycles. The minimum Gasteiger partial charge on any atom is -0.496 e. The zero-order valence-corrected chi connectivity index (χ0v) is 20.1. The smallest absolute Gasteiger partial charge is 0.256 e. The molecule has 0 saturated heterocycles. The molecule has 0 fully saturated rings. The van der Waals surface area contributed by atoms with Gasteiger partial charge in [-0.3, -0.25) is 9.59 Å². The molecule has 0 spiro atoms. The van der Waals surface area contributed by atoms with Gasteiger partial charge in [-0.2, -0.15) is 0 Å². The van der Waals surface area contributed by atoms with Gasteiger partial charge in [0.05, 0.1) is 33.5 Å². The first-order chi connectivity index (χ1) is 15.8. The fraction of sp³-hybridized carbons (Fsp3) is 0.167. The molecule has 9 heteroatoms. The number of carbonyl (C=O) groups is 2. The van der Waals surface area contributed by atoms with E-state index in [0.29, 0.717) is 0 Å². The highest BCUT2D eigenvalue weighted by molar-refractivity contribution is 8.01. The van der Waals surface area contributed by atoms with E-state index in [9.17, 15) is 14.2 Å². The Labute approximate surface area is 196 Å². The molecule has 0 aromatic heterocycles. The van der Waals surface area contributed by atoms with E-state index >= 15 is 0 Å². The van der Waals surface area contributed by atoms with Crippen LogP contribution in [0.15, 0.2) is 60.7 Å². The van der Waals surface area contributed by atoms with Gasteiger partial charge in [-0.05, 0) is 24.3 Å². The Balaban J connectivity index is 2.45. The van der Waals surface area contributed by atoms with Crippen molar-refractivity contribution in [2.75, 3.05) is 28.4 Å². The van der Waals surface area contributed by atoms with E-state index < -0.39 is 18.2 Å². The summed E-state index contributed by atoms with van der Waals surface area (Å²) in [7, 11) is 0.661. The molecule has 1 atom stereocenters. The van der Waals surface area contributed by atoms with Gasteiger partial charge in [0, 0.05) is 5.56 Å². The number of rotatable bonds is 9. The minimum atomic E-state index is -4.69. The van der Waals surface area contributed by atoms with Crippen molar-refractivity contribution in [3.63, 3.8) is 0 Å². The second kappa shape index (κ2) is 10.1. The van der Waals surface area contributed by atoms with Crippen molar-refractivity contribution < 1.29 is 33.1 Å². The largest absolute Gasteiger partial charge is 0.496 e. The Morgan fingerprint density at radius 2 is 1.27 bits per heavy atom. The predicted octanol–water partition coefficient (Wildman–Crippen LogP) is 5.04. The van der Waals surface area contributed by atoms with Crippen LogP contribution < -0.4 is 24.3 Å². The lowest BCUT2D eigenvalue weighted by Gasteiger charge is -2.23. The Hall–Kier alpha value is -3.28. The second-order valence-electron chi connectivity index (χ2n) is 6.75. The molecular formula is C24H22ClO7P. The summed E-state index contributed by atoms with van der Waals surface area (Å²) in [6.07, 6.45) is 0. The molecule has 0 amide bonds. The first kappa shape index (κ1) is 24.4. The summed E-state index contributed by atoms with van der Waals surface area (Å²) in [5, 5.41) is -0.166. The van der Waals surface area contributed by atoms with Gasteiger partial charge in [-0.15, -0.1) is 0 Å². The Kier molecular flexibility index (Phi) is 7.46. The van der Waals surface area contributed by atoms with Crippen molar-refractivity contribution in [1.82, 2.24) is 0 Å². The summed E-state index contributed by atoms with van der Waals surface area (Å²) < 4.78 is 36.3. The van der Waals surface area contributed by atoms with Crippen molar-refractivity contribution in [2.24, 2.45) is 0 Å². The topological polar surface area (TPSA) is 88.1 Å². The van der Waals surface area contributed by atoms with E-state index in [0.717, 1.165) is 0 Å². The van der Waals surface area contributed by atoms with Gasteiger partial charge < -0.3 is 23.5 Å². The fourth-order valence-electron chi connectivity index (χ4n) is 3.46. The quantitative estimate of drug-likeness (QED) is 0.390. The highest BCUT2D eigenvalue weighted by atomic mass is 35.5. The molecule has 0 radical (unpaired) electrons. The van der Waals surface area contributed by atoms with Crippen LogP contribution in [0.25, 0.3) is 0 Å². The van der Waals surface area contributed by atoms with E-state index in [1.165, 1.54) is 64.8 Å². The number of hydrogen-bond donors (Lipinski definition) is 0. The third-order valence-electron chi connectivity index (χ3n) is 5.02. The van der Waals surface area contributed by atoms with Crippen LogP contribution in [-0.2, 0) is 4.57 Å². The molecule has 33 heavy (non-hydrogen) atoms. The molecule has 0 aliphatic rings. The molecular weight excluding hydrogens is 467 g/mol. The van der Waals surface area contributed by atoms with E-state index in [2.05, 4.69) is 0 Å². The Bertz CT molecular complexity index is 1220. The molecule has 1 unspecified atom stereocenters. The molecule has 172 valence electrons. The van der Waals surface area contributed by atoms with Gasteiger partial charge in [0.2, 0.25) is 11.0 Å². The summed E-state index contributed by atoms with van der Waals surface area (Å²) in [6, 6.07) is 15.4. The number of methoxy groups -OCH3 is 4. The number of halogens is 1. The third-order valence-corrected chi connectivity index (χ3v) is 8.00. The Morgan fingerprint density at radius 3 is 1.79 bits per heavy atom. The summed E-state index contributed by atoms with van der Waals surface area (Å²) in [4.78, 5) is 27.9. The van der Waals surface area contributed by atoms with E-state index in [1.807, 2.05) is 0 Å². The van der Waals surface area contributed by atoms with Crippen LogP contribution in [0.3, 0.4) is 0 Å². The van der Waals surface area contributed by atoms with E-state index in [1.54, 1.807) is 24.3 Å². The summed E-state index contributed by atoms with van der Waals surface area (Å²) in [5.74, 6) is 0.123. The normalized spacial score (nSPS) is 12.4.